The Morgan fingerprint density at radius 3 is 1.64 bits per heavy atom. The molecule has 3 heteroatoms. The molecule has 0 saturated heterocycles. The maximum absolute atomic E-state index is 5.70. The Morgan fingerprint density at radius 2 is 1.45 bits per heavy atom. The molecule has 0 heterocycles. The molecule has 0 amide bonds. The lowest BCUT2D eigenvalue weighted by molar-refractivity contribution is 0.367. The van der Waals surface area contributed by atoms with E-state index >= 15 is 0 Å². The highest BCUT2D eigenvalue weighted by Gasteiger charge is 2.08. The van der Waals surface area contributed by atoms with Gasteiger partial charge in [-0.1, -0.05) is 27.7 Å². The summed E-state index contributed by atoms with van der Waals surface area (Å²) in [7, 11) is 5.70. The fourth-order valence-electron chi connectivity index (χ4n) is 0.945. The molecule has 1 nitrogen and oxygen atoms in total. The first-order valence-corrected chi connectivity index (χ1v) is 5.69. The van der Waals surface area contributed by atoms with E-state index in [0.29, 0.717) is 11.8 Å². The monoisotopic (exact) mass is 195 g/mol. The van der Waals surface area contributed by atoms with Crippen molar-refractivity contribution in [3.8, 4) is 0 Å². The summed E-state index contributed by atoms with van der Waals surface area (Å²) in [5.74, 6) is 1.39. The summed E-state index contributed by atoms with van der Waals surface area (Å²) in [6.45, 7) is 11.0. The van der Waals surface area contributed by atoms with Gasteiger partial charge in [-0.25, -0.2) is 4.31 Å². The Morgan fingerprint density at radius 1 is 1.09 bits per heavy atom. The van der Waals surface area contributed by atoms with Gasteiger partial charge in [0.15, 0.2) is 0 Å². The molecule has 68 valence electrons. The van der Waals surface area contributed by atoms with Crippen molar-refractivity contribution < 1.29 is 0 Å². The number of rotatable bonds is 5. The average molecular weight is 196 g/mol. The SMILES string of the molecule is CC(C)CN(CC(C)C)SCl. The van der Waals surface area contributed by atoms with Crippen LogP contribution in [0.25, 0.3) is 0 Å². The molecule has 0 aliphatic heterocycles. The van der Waals surface area contributed by atoms with Crippen LogP contribution in [0.15, 0.2) is 0 Å². The largest absolute Gasteiger partial charge is 0.236 e. The summed E-state index contributed by atoms with van der Waals surface area (Å²) in [6.07, 6.45) is 0. The van der Waals surface area contributed by atoms with Crippen LogP contribution in [0.4, 0.5) is 0 Å². The summed E-state index contributed by atoms with van der Waals surface area (Å²) in [5, 5.41) is 0. The van der Waals surface area contributed by atoms with Gasteiger partial charge in [-0.15, -0.1) is 0 Å². The molecule has 0 rings (SSSR count). The number of halogens is 1. The Kier molecular flexibility index (Phi) is 6.49. The minimum Gasteiger partial charge on any atom is -0.236 e. The van der Waals surface area contributed by atoms with E-state index in [1.54, 1.807) is 0 Å². The highest BCUT2D eigenvalue weighted by atomic mass is 35.7. The first kappa shape index (κ1) is 11.6. The van der Waals surface area contributed by atoms with E-state index in [1.165, 1.54) is 11.2 Å². The van der Waals surface area contributed by atoms with Crippen LogP contribution in [-0.4, -0.2) is 17.4 Å². The maximum atomic E-state index is 5.70. The van der Waals surface area contributed by atoms with Crippen LogP contribution in [0.5, 0.6) is 0 Å². The van der Waals surface area contributed by atoms with Crippen molar-refractivity contribution in [3.63, 3.8) is 0 Å². The van der Waals surface area contributed by atoms with Crippen LogP contribution >= 0.6 is 21.8 Å². The second-order valence-corrected chi connectivity index (χ2v) is 4.77. The minimum atomic E-state index is 0.694. The summed E-state index contributed by atoms with van der Waals surface area (Å²) >= 11 is 1.33. The van der Waals surface area contributed by atoms with E-state index in [9.17, 15) is 0 Å². The zero-order chi connectivity index (χ0) is 8.85. The first-order valence-electron chi connectivity index (χ1n) is 4.10. The molecule has 0 spiro atoms. The Bertz CT molecular complexity index is 86.1. The van der Waals surface area contributed by atoms with Crippen LogP contribution < -0.4 is 0 Å². The lowest BCUT2D eigenvalue weighted by atomic mass is 10.2. The predicted molar refractivity (Wildman–Crippen MR) is 54.7 cm³/mol. The van der Waals surface area contributed by atoms with Gasteiger partial charge < -0.3 is 0 Å². The number of nitrogens with zero attached hydrogens (tertiary/aromatic N) is 1. The normalized spacial score (nSPS) is 12.0. The van der Waals surface area contributed by atoms with Crippen molar-refractivity contribution >= 4 is 21.8 Å². The molecule has 0 bridgehead atoms. The minimum absolute atomic E-state index is 0.694. The van der Waals surface area contributed by atoms with Gasteiger partial charge in [-0.3, -0.25) is 0 Å². The molecule has 0 unspecified atom stereocenters. The summed E-state index contributed by atoms with van der Waals surface area (Å²) in [6, 6.07) is 0. The standard InChI is InChI=1S/C8H18ClNS/c1-7(2)5-10(11-9)6-8(3)4/h7-8H,5-6H2,1-4H3. The van der Waals surface area contributed by atoms with E-state index in [1.807, 2.05) is 0 Å². The van der Waals surface area contributed by atoms with Crippen LogP contribution in [0.1, 0.15) is 27.7 Å². The van der Waals surface area contributed by atoms with E-state index < -0.39 is 0 Å². The molecule has 0 atom stereocenters. The fraction of sp³-hybridized carbons (Fsp3) is 1.00. The van der Waals surface area contributed by atoms with Gasteiger partial charge in [0.1, 0.15) is 0 Å². The van der Waals surface area contributed by atoms with Crippen molar-refractivity contribution in [2.45, 2.75) is 27.7 Å². The van der Waals surface area contributed by atoms with Gasteiger partial charge in [-0.05, 0) is 22.5 Å². The second-order valence-electron chi connectivity index (χ2n) is 3.70. The molecule has 11 heavy (non-hydrogen) atoms. The third-order valence-electron chi connectivity index (χ3n) is 1.24. The number of hydrogen-bond donors (Lipinski definition) is 0. The molecular weight excluding hydrogens is 178 g/mol. The Balaban J connectivity index is 3.58. The Hall–Kier alpha value is 0.600. The highest BCUT2D eigenvalue weighted by molar-refractivity contribution is 8.19. The predicted octanol–water partition coefficient (Wildman–Crippen LogP) is 3.40. The Labute approximate surface area is 79.1 Å². The van der Waals surface area contributed by atoms with Gasteiger partial charge in [0.2, 0.25) is 0 Å². The van der Waals surface area contributed by atoms with Gasteiger partial charge in [-0.2, -0.15) is 0 Å². The van der Waals surface area contributed by atoms with Gasteiger partial charge >= 0.3 is 0 Å². The van der Waals surface area contributed by atoms with Gasteiger partial charge in [0.25, 0.3) is 0 Å². The molecule has 0 aliphatic rings. The van der Waals surface area contributed by atoms with Crippen LogP contribution in [0, 0.1) is 11.8 Å². The smallest absolute Gasteiger partial charge is 0.0307 e. The molecule has 0 N–H and O–H groups in total. The first-order chi connectivity index (χ1) is 5.06. The van der Waals surface area contributed by atoms with Crippen molar-refractivity contribution in [1.29, 1.82) is 0 Å². The molecule has 0 aliphatic carbocycles. The molecule has 0 aromatic carbocycles. The van der Waals surface area contributed by atoms with Crippen molar-refractivity contribution in [2.75, 3.05) is 13.1 Å². The quantitative estimate of drug-likeness (QED) is 0.619. The average Bonchev–Trinajstić information content (AvgIpc) is 1.84. The highest BCUT2D eigenvalue weighted by Crippen LogP contribution is 2.18. The molecule has 0 radical (unpaired) electrons. The summed E-state index contributed by atoms with van der Waals surface area (Å²) in [4.78, 5) is 0. The van der Waals surface area contributed by atoms with E-state index in [0.717, 1.165) is 13.1 Å². The second kappa shape index (κ2) is 6.15. The fourth-order valence-corrected chi connectivity index (χ4v) is 1.99. The molecular formula is C8H18ClNS. The molecule has 0 saturated carbocycles. The van der Waals surface area contributed by atoms with Gasteiger partial charge in [0.05, 0.1) is 0 Å². The number of hydrogen-bond acceptors (Lipinski definition) is 2. The van der Waals surface area contributed by atoms with Crippen LogP contribution in [-0.2, 0) is 0 Å². The van der Waals surface area contributed by atoms with E-state index in [4.69, 9.17) is 10.7 Å². The van der Waals surface area contributed by atoms with Crippen molar-refractivity contribution in [3.05, 3.63) is 0 Å². The third kappa shape index (κ3) is 6.98. The topological polar surface area (TPSA) is 3.24 Å². The zero-order valence-corrected chi connectivity index (χ0v) is 9.37. The maximum Gasteiger partial charge on any atom is 0.0307 e. The molecule has 0 fully saturated rings. The van der Waals surface area contributed by atoms with Crippen LogP contribution in [0.2, 0.25) is 0 Å². The zero-order valence-electron chi connectivity index (χ0n) is 7.80. The van der Waals surface area contributed by atoms with E-state index in [-0.39, 0.29) is 0 Å². The molecule has 0 aromatic rings. The van der Waals surface area contributed by atoms with E-state index in [2.05, 4.69) is 32.0 Å². The lowest BCUT2D eigenvalue weighted by Crippen LogP contribution is -2.23. The lowest BCUT2D eigenvalue weighted by Gasteiger charge is -2.21. The molecule has 0 aromatic heterocycles. The van der Waals surface area contributed by atoms with Crippen LogP contribution in [0.3, 0.4) is 0 Å². The van der Waals surface area contributed by atoms with Crippen molar-refractivity contribution in [1.82, 2.24) is 4.31 Å². The third-order valence-corrected chi connectivity index (χ3v) is 2.31. The van der Waals surface area contributed by atoms with Crippen molar-refractivity contribution in [2.24, 2.45) is 11.8 Å². The summed E-state index contributed by atoms with van der Waals surface area (Å²) in [5.41, 5.74) is 0. The van der Waals surface area contributed by atoms with Gasteiger partial charge in [0, 0.05) is 24.3 Å². The summed E-state index contributed by atoms with van der Waals surface area (Å²) < 4.78 is 2.21.